The van der Waals surface area contributed by atoms with Gasteiger partial charge in [0.1, 0.15) is 5.54 Å². The van der Waals surface area contributed by atoms with Gasteiger partial charge in [-0.15, -0.1) is 0 Å². The second-order valence-corrected chi connectivity index (χ2v) is 1.10. The number of rotatable bonds is 0. The van der Waals surface area contributed by atoms with Crippen LogP contribution >= 0.6 is 11.6 Å². The summed E-state index contributed by atoms with van der Waals surface area (Å²) in [7, 11) is 0. The highest BCUT2D eigenvalue weighted by Crippen LogP contribution is 2.25. The van der Waals surface area contributed by atoms with Gasteiger partial charge < -0.3 is 0 Å². The molecule has 0 aliphatic heterocycles. The summed E-state index contributed by atoms with van der Waals surface area (Å²) in [5.74, 6) is -2.40. The first-order chi connectivity index (χ1) is 3.48. The van der Waals surface area contributed by atoms with E-state index in [1.807, 2.05) is 0 Å². The number of hydrogen-bond donors (Lipinski definition) is 0. The molecule has 0 rings (SSSR count). The van der Waals surface area contributed by atoms with E-state index in [1.54, 1.807) is 0 Å². The van der Waals surface area contributed by atoms with Gasteiger partial charge in [0, 0.05) is 0 Å². The minimum absolute atomic E-state index is 0.802. The van der Waals surface area contributed by atoms with Crippen molar-refractivity contribution < 1.29 is 17.6 Å². The van der Waals surface area contributed by atoms with Crippen LogP contribution in [0.2, 0.25) is 0 Å². The fourth-order valence-electron chi connectivity index (χ4n) is 0.0536. The first-order valence-electron chi connectivity index (χ1n) is 1.44. The van der Waals surface area contributed by atoms with Gasteiger partial charge in [-0.3, -0.25) is 0 Å². The van der Waals surface area contributed by atoms with Crippen LogP contribution in [0.15, 0.2) is 5.83 Å². The SMILES string of the molecule is F/C(=[C]\Cl)C(F)(F)F. The lowest BCUT2D eigenvalue weighted by atomic mass is 10.6. The molecular formula is C3ClF4. The molecule has 0 unspecified atom stereocenters. The molecule has 0 saturated carbocycles. The second kappa shape index (κ2) is 2.35. The molecule has 8 heavy (non-hydrogen) atoms. The maximum absolute atomic E-state index is 11.2. The Bertz CT molecular complexity index is 102. The molecular weight excluding hydrogens is 147 g/mol. The van der Waals surface area contributed by atoms with Crippen molar-refractivity contribution in [3.63, 3.8) is 0 Å². The van der Waals surface area contributed by atoms with Gasteiger partial charge in [-0.2, -0.15) is 13.2 Å². The molecule has 0 N–H and O–H groups in total. The Morgan fingerprint density at radius 1 is 1.38 bits per heavy atom. The van der Waals surface area contributed by atoms with E-state index >= 15 is 0 Å². The van der Waals surface area contributed by atoms with Gasteiger partial charge in [0.2, 0.25) is 5.83 Å². The van der Waals surface area contributed by atoms with Gasteiger partial charge in [-0.1, -0.05) is 11.6 Å². The predicted molar refractivity (Wildman–Crippen MR) is 19.8 cm³/mol. The van der Waals surface area contributed by atoms with E-state index in [4.69, 9.17) is 0 Å². The summed E-state index contributed by atoms with van der Waals surface area (Å²) in [5.41, 5.74) is 0.802. The molecule has 5 heteroatoms. The van der Waals surface area contributed by atoms with Crippen molar-refractivity contribution >= 4 is 11.6 Å². The summed E-state index contributed by atoms with van der Waals surface area (Å²) in [6.45, 7) is 0. The van der Waals surface area contributed by atoms with Gasteiger partial charge >= 0.3 is 6.18 Å². The zero-order valence-corrected chi connectivity index (χ0v) is 4.15. The lowest BCUT2D eigenvalue weighted by Crippen LogP contribution is -2.06. The average molecular weight is 147 g/mol. The topological polar surface area (TPSA) is 0 Å². The van der Waals surface area contributed by atoms with Crippen LogP contribution in [0.3, 0.4) is 0 Å². The molecule has 0 aliphatic carbocycles. The van der Waals surface area contributed by atoms with Crippen LogP contribution in [-0.2, 0) is 0 Å². The number of hydrogen-bond acceptors (Lipinski definition) is 0. The van der Waals surface area contributed by atoms with E-state index in [1.165, 1.54) is 0 Å². The van der Waals surface area contributed by atoms with Crippen LogP contribution in [0.5, 0.6) is 0 Å². The lowest BCUT2D eigenvalue weighted by Gasteiger charge is -1.97. The molecule has 1 radical (unpaired) electrons. The Kier molecular flexibility index (Phi) is 2.27. The smallest absolute Gasteiger partial charge is 0.200 e. The fourth-order valence-corrected chi connectivity index (χ4v) is 0.161. The van der Waals surface area contributed by atoms with Gasteiger partial charge in [0.05, 0.1) is 0 Å². The predicted octanol–water partition coefficient (Wildman–Crippen LogP) is 2.40. The average Bonchev–Trinajstić information content (AvgIpc) is 1.62. The molecule has 0 spiro atoms. The number of halogens is 5. The van der Waals surface area contributed by atoms with Gasteiger partial charge in [0.25, 0.3) is 0 Å². The van der Waals surface area contributed by atoms with Crippen LogP contribution in [0.25, 0.3) is 0 Å². The van der Waals surface area contributed by atoms with Crippen molar-refractivity contribution in [1.29, 1.82) is 0 Å². The molecule has 0 fully saturated rings. The molecule has 0 bridgehead atoms. The third kappa shape index (κ3) is 2.16. The molecule has 47 valence electrons. The van der Waals surface area contributed by atoms with Crippen molar-refractivity contribution in [1.82, 2.24) is 0 Å². The minimum Gasteiger partial charge on any atom is -0.200 e. The van der Waals surface area contributed by atoms with Gasteiger partial charge in [-0.05, 0) is 0 Å². The Hall–Kier alpha value is -0.250. The quantitative estimate of drug-likeness (QED) is 0.462. The normalized spacial score (nSPS) is 14.4. The van der Waals surface area contributed by atoms with Gasteiger partial charge in [0.15, 0.2) is 0 Å². The van der Waals surface area contributed by atoms with Gasteiger partial charge in [-0.25, -0.2) is 4.39 Å². The van der Waals surface area contributed by atoms with E-state index in [9.17, 15) is 17.6 Å². The highest BCUT2D eigenvalue weighted by Gasteiger charge is 2.34. The zero-order chi connectivity index (χ0) is 6.78. The Morgan fingerprint density at radius 2 is 1.75 bits per heavy atom. The first kappa shape index (κ1) is 7.75. The molecule has 0 atom stereocenters. The zero-order valence-electron chi connectivity index (χ0n) is 3.39. The Morgan fingerprint density at radius 3 is 1.75 bits per heavy atom. The summed E-state index contributed by atoms with van der Waals surface area (Å²) < 4.78 is 43.9. The van der Waals surface area contributed by atoms with E-state index in [2.05, 4.69) is 11.6 Å². The first-order valence-corrected chi connectivity index (χ1v) is 1.82. The molecule has 0 saturated heterocycles. The number of alkyl halides is 3. The summed E-state index contributed by atoms with van der Waals surface area (Å²) in [6, 6.07) is 0. The standard InChI is InChI=1S/C3ClF4/c4-1-2(5)3(6,7)8. The second-order valence-electron chi connectivity index (χ2n) is 0.906. The maximum Gasteiger partial charge on any atom is 0.444 e. The Balaban J connectivity index is 4.03. The summed E-state index contributed by atoms with van der Waals surface area (Å²) >= 11 is 4.25. The molecule has 0 amide bonds. The van der Waals surface area contributed by atoms with E-state index in [0.29, 0.717) is 0 Å². The fraction of sp³-hybridized carbons (Fsp3) is 0.333. The molecule has 0 aliphatic rings. The van der Waals surface area contributed by atoms with Crippen LogP contribution in [0.4, 0.5) is 17.6 Å². The van der Waals surface area contributed by atoms with Crippen LogP contribution in [-0.4, -0.2) is 6.18 Å². The molecule has 0 heterocycles. The van der Waals surface area contributed by atoms with Crippen molar-refractivity contribution in [2.45, 2.75) is 6.18 Å². The lowest BCUT2D eigenvalue weighted by molar-refractivity contribution is -0.109. The van der Waals surface area contributed by atoms with Crippen LogP contribution in [0, 0.1) is 5.54 Å². The molecule has 0 aromatic heterocycles. The third-order valence-electron chi connectivity index (χ3n) is 0.332. The van der Waals surface area contributed by atoms with Crippen molar-refractivity contribution in [3.8, 4) is 0 Å². The highest BCUT2D eigenvalue weighted by molar-refractivity contribution is 6.22. The number of allylic oxidation sites excluding steroid dienone is 1. The third-order valence-corrected chi connectivity index (χ3v) is 0.498. The van der Waals surface area contributed by atoms with E-state index in [-0.39, 0.29) is 0 Å². The Labute approximate surface area is 47.7 Å². The van der Waals surface area contributed by atoms with Crippen LogP contribution in [0.1, 0.15) is 0 Å². The summed E-state index contributed by atoms with van der Waals surface area (Å²) in [6.07, 6.45) is -4.98. The minimum atomic E-state index is -4.98. The van der Waals surface area contributed by atoms with Crippen molar-refractivity contribution in [3.05, 3.63) is 11.4 Å². The molecule has 0 aromatic rings. The maximum atomic E-state index is 11.2. The molecule has 0 aromatic carbocycles. The summed E-state index contributed by atoms with van der Waals surface area (Å²) in [4.78, 5) is 0. The van der Waals surface area contributed by atoms with E-state index < -0.39 is 12.0 Å². The van der Waals surface area contributed by atoms with Crippen molar-refractivity contribution in [2.24, 2.45) is 0 Å². The van der Waals surface area contributed by atoms with Crippen molar-refractivity contribution in [2.75, 3.05) is 0 Å². The highest BCUT2D eigenvalue weighted by atomic mass is 35.5. The largest absolute Gasteiger partial charge is 0.444 e. The molecule has 0 nitrogen and oxygen atoms in total. The van der Waals surface area contributed by atoms with E-state index in [0.717, 1.165) is 5.54 Å². The monoisotopic (exact) mass is 147 g/mol. The summed E-state index contributed by atoms with van der Waals surface area (Å²) in [5, 5.41) is 0. The van der Waals surface area contributed by atoms with Crippen LogP contribution < -0.4 is 0 Å².